The van der Waals surface area contributed by atoms with Crippen LogP contribution >= 0.6 is 0 Å². The molecule has 1 saturated heterocycles. The highest BCUT2D eigenvalue weighted by Crippen LogP contribution is 2.46. The number of hydrogen-bond acceptors (Lipinski definition) is 6. The van der Waals surface area contributed by atoms with Crippen LogP contribution in [0.4, 0.5) is 10.5 Å². The Kier molecular flexibility index (Phi) is 6.21. The number of amides is 4. The van der Waals surface area contributed by atoms with Crippen LogP contribution < -0.4 is 11.1 Å². The molecule has 39 heavy (non-hydrogen) atoms. The zero-order valence-electron chi connectivity index (χ0n) is 22.2. The third-order valence-electron chi connectivity index (χ3n) is 8.92. The Morgan fingerprint density at radius 3 is 2.54 bits per heavy atom. The largest absolute Gasteiger partial charge is 0.427 e. The quantitative estimate of drug-likeness (QED) is 0.539. The first-order chi connectivity index (χ1) is 18.7. The lowest BCUT2D eigenvalue weighted by molar-refractivity contribution is -0.143. The predicted molar refractivity (Wildman–Crippen MR) is 143 cm³/mol. The third-order valence-corrected chi connectivity index (χ3v) is 8.92. The highest BCUT2D eigenvalue weighted by atomic mass is 16.6. The monoisotopic (exact) mass is 530 g/mol. The number of carbonyl (C=O) groups excluding carboxylic acids is 4. The first kappa shape index (κ1) is 25.6. The molecule has 0 radical (unpaired) electrons. The molecule has 3 fully saturated rings. The number of carbonyl (C=O) groups is 4. The maximum atomic E-state index is 13.7. The van der Waals surface area contributed by atoms with E-state index in [1.54, 1.807) is 17.0 Å². The van der Waals surface area contributed by atoms with Crippen molar-refractivity contribution in [3.05, 3.63) is 65.2 Å². The average molecular weight is 531 g/mol. The standard InChI is InChI=1S/C30H34N4O5/c1-19(21-8-9-21)33(17-20-6-3-2-4-7-20)25(35)18-34-27(37)30(39-28(34)38)15-12-22-16-23(10-11-24(22)30)32-26(36)29(31)13-5-14-29/h2-4,6-7,10-11,16,19,21H,5,8-9,12-15,17-18,31H2,1H3,(H,32,36)/t19-,30?/m0/s1. The molecule has 0 bridgehead atoms. The number of rotatable bonds is 8. The summed E-state index contributed by atoms with van der Waals surface area (Å²) in [6.45, 7) is 2.09. The van der Waals surface area contributed by atoms with E-state index in [0.717, 1.165) is 35.3 Å². The predicted octanol–water partition coefficient (Wildman–Crippen LogP) is 3.45. The van der Waals surface area contributed by atoms with E-state index in [-0.39, 0.29) is 24.4 Å². The second kappa shape index (κ2) is 9.48. The molecule has 4 aliphatic rings. The van der Waals surface area contributed by atoms with Crippen molar-refractivity contribution in [3.8, 4) is 0 Å². The molecular weight excluding hydrogens is 496 g/mol. The Hall–Kier alpha value is -3.72. The molecule has 2 aromatic carbocycles. The fraction of sp³-hybridized carbons (Fsp3) is 0.467. The van der Waals surface area contributed by atoms with E-state index in [9.17, 15) is 19.2 Å². The van der Waals surface area contributed by atoms with Gasteiger partial charge in [0.2, 0.25) is 17.4 Å². The summed E-state index contributed by atoms with van der Waals surface area (Å²) in [4.78, 5) is 55.5. The number of ether oxygens (including phenoxy) is 1. The van der Waals surface area contributed by atoms with Gasteiger partial charge in [-0.15, -0.1) is 0 Å². The number of anilines is 1. The molecule has 1 heterocycles. The molecule has 1 spiro atoms. The molecular formula is C30H34N4O5. The summed E-state index contributed by atoms with van der Waals surface area (Å²) >= 11 is 0. The van der Waals surface area contributed by atoms with E-state index in [1.807, 2.05) is 43.3 Å². The van der Waals surface area contributed by atoms with Crippen LogP contribution in [0.2, 0.25) is 0 Å². The van der Waals surface area contributed by atoms with Gasteiger partial charge in [-0.3, -0.25) is 14.4 Å². The molecule has 3 N–H and O–H groups in total. The normalized spacial score (nSPS) is 23.7. The maximum Gasteiger partial charge on any atom is 0.418 e. The zero-order valence-corrected chi connectivity index (χ0v) is 22.2. The van der Waals surface area contributed by atoms with Gasteiger partial charge in [0.1, 0.15) is 6.54 Å². The highest BCUT2D eigenvalue weighted by molar-refractivity contribution is 6.06. The molecule has 9 nitrogen and oxygen atoms in total. The Morgan fingerprint density at radius 1 is 1.13 bits per heavy atom. The lowest BCUT2D eigenvalue weighted by atomic mass is 9.77. The molecule has 2 atom stereocenters. The van der Waals surface area contributed by atoms with Gasteiger partial charge in [0.05, 0.1) is 5.54 Å². The van der Waals surface area contributed by atoms with Crippen LogP contribution in [0.15, 0.2) is 48.5 Å². The van der Waals surface area contributed by atoms with Gasteiger partial charge in [0.25, 0.3) is 5.91 Å². The van der Waals surface area contributed by atoms with Gasteiger partial charge in [-0.25, -0.2) is 9.69 Å². The van der Waals surface area contributed by atoms with Crippen LogP contribution in [0.3, 0.4) is 0 Å². The van der Waals surface area contributed by atoms with Crippen molar-refractivity contribution < 1.29 is 23.9 Å². The summed E-state index contributed by atoms with van der Waals surface area (Å²) in [6.07, 6.45) is 4.40. The highest BCUT2D eigenvalue weighted by Gasteiger charge is 2.58. The number of nitrogens with one attached hydrogen (secondary N) is 1. The van der Waals surface area contributed by atoms with Crippen LogP contribution in [0.5, 0.6) is 0 Å². The fourth-order valence-corrected chi connectivity index (χ4v) is 6.07. The lowest BCUT2D eigenvalue weighted by Crippen LogP contribution is -2.56. The van der Waals surface area contributed by atoms with E-state index >= 15 is 0 Å². The van der Waals surface area contributed by atoms with Gasteiger partial charge in [0, 0.05) is 30.3 Å². The van der Waals surface area contributed by atoms with E-state index in [1.165, 1.54) is 0 Å². The van der Waals surface area contributed by atoms with E-state index in [2.05, 4.69) is 5.32 Å². The Bertz CT molecular complexity index is 1340. The molecule has 1 aliphatic heterocycles. The SMILES string of the molecule is C[C@@H](C1CC1)N(Cc1ccccc1)C(=O)CN1C(=O)OC2(CCc3cc(NC(=O)C4(N)CCC4)ccc32)C1=O. The number of benzene rings is 2. The molecule has 0 aromatic heterocycles. The van der Waals surface area contributed by atoms with Gasteiger partial charge in [-0.2, -0.15) is 0 Å². The maximum absolute atomic E-state index is 13.7. The zero-order chi connectivity index (χ0) is 27.4. The number of hydrogen-bond donors (Lipinski definition) is 2. The molecule has 9 heteroatoms. The molecule has 2 saturated carbocycles. The Labute approximate surface area is 227 Å². The molecule has 4 amide bonds. The van der Waals surface area contributed by atoms with Crippen molar-refractivity contribution in [1.82, 2.24) is 9.80 Å². The molecule has 2 aromatic rings. The van der Waals surface area contributed by atoms with Gasteiger partial charge in [0.15, 0.2) is 0 Å². The number of imide groups is 1. The minimum atomic E-state index is -1.44. The summed E-state index contributed by atoms with van der Waals surface area (Å²) in [6, 6.07) is 15.0. The first-order valence-electron chi connectivity index (χ1n) is 13.8. The van der Waals surface area contributed by atoms with E-state index < -0.39 is 23.1 Å². The van der Waals surface area contributed by atoms with Crippen molar-refractivity contribution >= 4 is 29.5 Å². The number of aryl methyl sites for hydroxylation is 1. The average Bonchev–Trinajstić information content (AvgIpc) is 3.66. The smallest absolute Gasteiger partial charge is 0.418 e. The second-order valence-electron chi connectivity index (χ2n) is 11.5. The van der Waals surface area contributed by atoms with Gasteiger partial charge in [-0.05, 0) is 74.6 Å². The van der Waals surface area contributed by atoms with Crippen molar-refractivity contribution in [2.45, 2.75) is 75.6 Å². The van der Waals surface area contributed by atoms with Crippen molar-refractivity contribution in [2.24, 2.45) is 11.7 Å². The summed E-state index contributed by atoms with van der Waals surface area (Å²) < 4.78 is 5.74. The van der Waals surface area contributed by atoms with Crippen LogP contribution in [0, 0.1) is 5.92 Å². The Balaban J connectivity index is 1.18. The summed E-state index contributed by atoms with van der Waals surface area (Å²) in [5, 5.41) is 2.89. The van der Waals surface area contributed by atoms with Gasteiger partial charge < -0.3 is 20.7 Å². The van der Waals surface area contributed by atoms with Crippen molar-refractivity contribution in [3.63, 3.8) is 0 Å². The minimum Gasteiger partial charge on any atom is -0.427 e. The topological polar surface area (TPSA) is 122 Å². The summed E-state index contributed by atoms with van der Waals surface area (Å²) in [7, 11) is 0. The molecule has 1 unspecified atom stereocenters. The van der Waals surface area contributed by atoms with Gasteiger partial charge in [-0.1, -0.05) is 36.4 Å². The molecule has 3 aliphatic carbocycles. The van der Waals surface area contributed by atoms with E-state index in [4.69, 9.17) is 10.5 Å². The minimum absolute atomic E-state index is 0.00817. The van der Waals surface area contributed by atoms with Crippen LogP contribution in [0.1, 0.15) is 62.1 Å². The number of fused-ring (bicyclic) bond motifs is 2. The van der Waals surface area contributed by atoms with Crippen molar-refractivity contribution in [2.75, 3.05) is 11.9 Å². The number of nitrogens with zero attached hydrogens (tertiary/aromatic N) is 2. The van der Waals surface area contributed by atoms with Crippen LogP contribution in [-0.4, -0.2) is 51.7 Å². The fourth-order valence-electron chi connectivity index (χ4n) is 6.07. The number of nitrogens with two attached hydrogens (primary N) is 1. The summed E-state index contributed by atoms with van der Waals surface area (Å²) in [5.41, 5.74) is 6.91. The second-order valence-corrected chi connectivity index (χ2v) is 11.5. The Morgan fingerprint density at radius 2 is 1.87 bits per heavy atom. The molecule has 6 rings (SSSR count). The lowest BCUT2D eigenvalue weighted by Gasteiger charge is -2.36. The van der Waals surface area contributed by atoms with Crippen LogP contribution in [-0.2, 0) is 37.7 Å². The van der Waals surface area contributed by atoms with E-state index in [0.29, 0.717) is 49.4 Å². The first-order valence-corrected chi connectivity index (χ1v) is 13.8. The third kappa shape index (κ3) is 4.48. The van der Waals surface area contributed by atoms with Crippen LogP contribution in [0.25, 0.3) is 0 Å². The van der Waals surface area contributed by atoms with Gasteiger partial charge >= 0.3 is 6.09 Å². The molecule has 204 valence electrons. The van der Waals surface area contributed by atoms with Crippen molar-refractivity contribution in [1.29, 1.82) is 0 Å². The summed E-state index contributed by atoms with van der Waals surface area (Å²) in [5.74, 6) is -0.566.